The Labute approximate surface area is 108 Å². The van der Waals surface area contributed by atoms with Crippen LogP contribution in [-0.2, 0) is 4.74 Å². The van der Waals surface area contributed by atoms with Crippen LogP contribution in [0.2, 0.25) is 0 Å². The molecule has 1 aromatic rings. The fraction of sp³-hybridized carbons (Fsp3) is 0.692. The van der Waals surface area contributed by atoms with Gasteiger partial charge in [-0.05, 0) is 31.3 Å². The van der Waals surface area contributed by atoms with Crippen LogP contribution >= 0.6 is 11.3 Å². The molecule has 1 saturated heterocycles. The number of rotatable bonds is 5. The van der Waals surface area contributed by atoms with Crippen molar-refractivity contribution < 1.29 is 4.74 Å². The molecule has 1 aliphatic heterocycles. The van der Waals surface area contributed by atoms with E-state index in [1.165, 1.54) is 4.88 Å². The predicted octanol–water partition coefficient (Wildman–Crippen LogP) is 2.25. The maximum Gasteiger partial charge on any atom is 0.0622 e. The molecule has 1 aromatic heterocycles. The fourth-order valence-corrected chi connectivity index (χ4v) is 3.42. The lowest BCUT2D eigenvalue weighted by molar-refractivity contribution is 0.121. The van der Waals surface area contributed by atoms with Gasteiger partial charge in [0, 0.05) is 23.6 Å². The number of likely N-dealkylation sites (N-methyl/N-ethyl adjacent to an activating group) is 1. The number of nitrogens with zero attached hydrogens (tertiary/aromatic N) is 1. The molecule has 3 nitrogen and oxygen atoms in total. The second kappa shape index (κ2) is 5.96. The summed E-state index contributed by atoms with van der Waals surface area (Å²) < 4.78 is 5.48. The van der Waals surface area contributed by atoms with Crippen LogP contribution in [0.4, 0.5) is 0 Å². The summed E-state index contributed by atoms with van der Waals surface area (Å²) in [5.41, 5.74) is 6.30. The molecule has 0 aliphatic carbocycles. The van der Waals surface area contributed by atoms with Crippen LogP contribution in [0.25, 0.3) is 0 Å². The van der Waals surface area contributed by atoms with Crippen LogP contribution < -0.4 is 5.73 Å². The molecule has 4 heteroatoms. The number of hydrogen-bond acceptors (Lipinski definition) is 4. The second-order valence-electron chi connectivity index (χ2n) is 4.72. The first kappa shape index (κ1) is 13.0. The van der Waals surface area contributed by atoms with Gasteiger partial charge in [0.15, 0.2) is 0 Å². The third-order valence-electron chi connectivity index (χ3n) is 3.63. The van der Waals surface area contributed by atoms with Crippen molar-refractivity contribution in [1.82, 2.24) is 4.90 Å². The van der Waals surface area contributed by atoms with Crippen LogP contribution in [0.3, 0.4) is 0 Å². The number of thiophene rings is 1. The molecule has 3 unspecified atom stereocenters. The lowest BCUT2D eigenvalue weighted by Crippen LogP contribution is -2.43. The molecule has 0 amide bonds. The molecule has 2 heterocycles. The third kappa shape index (κ3) is 2.88. The van der Waals surface area contributed by atoms with E-state index in [1.807, 2.05) is 0 Å². The monoisotopic (exact) mass is 254 g/mol. The van der Waals surface area contributed by atoms with Gasteiger partial charge in [0.1, 0.15) is 0 Å². The summed E-state index contributed by atoms with van der Waals surface area (Å²) in [6.45, 7) is 3.88. The van der Waals surface area contributed by atoms with E-state index in [2.05, 4.69) is 36.4 Å². The number of ether oxygens (including phenoxy) is 1. The summed E-state index contributed by atoms with van der Waals surface area (Å²) in [4.78, 5) is 3.78. The Balaban J connectivity index is 2.14. The quantitative estimate of drug-likeness (QED) is 0.876. The highest BCUT2D eigenvalue weighted by molar-refractivity contribution is 7.10. The fourth-order valence-electron chi connectivity index (χ4n) is 2.47. The highest BCUT2D eigenvalue weighted by Crippen LogP contribution is 2.30. The summed E-state index contributed by atoms with van der Waals surface area (Å²) in [7, 11) is 2.18. The lowest BCUT2D eigenvalue weighted by atomic mass is 10.0. The van der Waals surface area contributed by atoms with Crippen LogP contribution in [0.1, 0.15) is 30.7 Å². The Morgan fingerprint density at radius 1 is 1.65 bits per heavy atom. The maximum absolute atomic E-state index is 6.30. The standard InChI is InChI=1S/C13H22N2OS/c1-3-11(14)13(12-5-4-8-17-12)15(2)10-6-7-16-9-10/h4-5,8,10-11,13H,3,6-7,9,14H2,1-2H3. The van der Waals surface area contributed by atoms with E-state index in [1.54, 1.807) is 11.3 Å². The number of hydrogen-bond donors (Lipinski definition) is 1. The van der Waals surface area contributed by atoms with Gasteiger partial charge in [-0.2, -0.15) is 0 Å². The van der Waals surface area contributed by atoms with E-state index in [0.29, 0.717) is 12.1 Å². The van der Waals surface area contributed by atoms with Crippen LogP contribution in [0.5, 0.6) is 0 Å². The van der Waals surface area contributed by atoms with Gasteiger partial charge in [-0.25, -0.2) is 0 Å². The Kier molecular flexibility index (Phi) is 4.56. The molecule has 3 atom stereocenters. The molecule has 0 bridgehead atoms. The minimum Gasteiger partial charge on any atom is -0.380 e. The number of nitrogens with two attached hydrogens (primary N) is 1. The summed E-state index contributed by atoms with van der Waals surface area (Å²) in [5, 5.41) is 2.13. The average Bonchev–Trinajstić information content (AvgIpc) is 3.01. The van der Waals surface area contributed by atoms with Crippen molar-refractivity contribution in [2.45, 2.75) is 37.9 Å². The van der Waals surface area contributed by atoms with E-state index in [4.69, 9.17) is 10.5 Å². The van der Waals surface area contributed by atoms with Crippen molar-refractivity contribution >= 4 is 11.3 Å². The zero-order valence-electron chi connectivity index (χ0n) is 10.6. The Morgan fingerprint density at radius 3 is 3.00 bits per heavy atom. The minimum absolute atomic E-state index is 0.194. The Bertz CT molecular complexity index is 322. The van der Waals surface area contributed by atoms with E-state index in [0.717, 1.165) is 26.1 Å². The van der Waals surface area contributed by atoms with Gasteiger partial charge < -0.3 is 10.5 Å². The highest BCUT2D eigenvalue weighted by Gasteiger charge is 2.30. The largest absolute Gasteiger partial charge is 0.380 e. The minimum atomic E-state index is 0.194. The van der Waals surface area contributed by atoms with Crippen molar-refractivity contribution in [1.29, 1.82) is 0 Å². The van der Waals surface area contributed by atoms with Crippen LogP contribution in [-0.4, -0.2) is 37.2 Å². The first-order valence-corrected chi connectivity index (χ1v) is 7.20. The van der Waals surface area contributed by atoms with Crippen molar-refractivity contribution in [3.8, 4) is 0 Å². The molecule has 2 N–H and O–H groups in total. The van der Waals surface area contributed by atoms with Gasteiger partial charge in [0.2, 0.25) is 0 Å². The van der Waals surface area contributed by atoms with Gasteiger partial charge in [0.25, 0.3) is 0 Å². The molecule has 0 spiro atoms. The third-order valence-corrected chi connectivity index (χ3v) is 4.57. The summed E-state index contributed by atoms with van der Waals surface area (Å²) >= 11 is 1.80. The average molecular weight is 254 g/mol. The first-order chi connectivity index (χ1) is 8.24. The Hall–Kier alpha value is -0.420. The van der Waals surface area contributed by atoms with Crippen molar-refractivity contribution in [2.24, 2.45) is 5.73 Å². The van der Waals surface area contributed by atoms with E-state index in [-0.39, 0.29) is 6.04 Å². The molecule has 96 valence electrons. The van der Waals surface area contributed by atoms with Crippen molar-refractivity contribution in [2.75, 3.05) is 20.3 Å². The highest BCUT2D eigenvalue weighted by atomic mass is 32.1. The zero-order chi connectivity index (χ0) is 12.3. The van der Waals surface area contributed by atoms with Gasteiger partial charge >= 0.3 is 0 Å². The summed E-state index contributed by atoms with van der Waals surface area (Å²) in [6, 6.07) is 5.33. The molecular formula is C13H22N2OS. The molecule has 2 rings (SSSR count). The Morgan fingerprint density at radius 2 is 2.47 bits per heavy atom. The van der Waals surface area contributed by atoms with Gasteiger partial charge in [-0.1, -0.05) is 13.0 Å². The zero-order valence-corrected chi connectivity index (χ0v) is 11.5. The van der Waals surface area contributed by atoms with Crippen LogP contribution in [0.15, 0.2) is 17.5 Å². The molecular weight excluding hydrogens is 232 g/mol. The molecule has 17 heavy (non-hydrogen) atoms. The molecule has 1 aliphatic rings. The summed E-state index contributed by atoms with van der Waals surface area (Å²) in [6.07, 6.45) is 2.12. The van der Waals surface area contributed by atoms with Gasteiger partial charge in [-0.3, -0.25) is 4.90 Å². The second-order valence-corrected chi connectivity index (χ2v) is 5.69. The molecule has 0 radical (unpaired) electrons. The van der Waals surface area contributed by atoms with Gasteiger partial charge in [-0.15, -0.1) is 11.3 Å². The van der Waals surface area contributed by atoms with E-state index < -0.39 is 0 Å². The smallest absolute Gasteiger partial charge is 0.0622 e. The first-order valence-electron chi connectivity index (χ1n) is 6.32. The molecule has 1 fully saturated rings. The molecule has 0 aromatic carbocycles. The SMILES string of the molecule is CCC(N)C(c1cccs1)N(C)C1CCOC1. The van der Waals surface area contributed by atoms with Crippen molar-refractivity contribution in [3.05, 3.63) is 22.4 Å². The predicted molar refractivity (Wildman–Crippen MR) is 72.3 cm³/mol. The lowest BCUT2D eigenvalue weighted by Gasteiger charge is -2.35. The topological polar surface area (TPSA) is 38.5 Å². The van der Waals surface area contributed by atoms with Crippen molar-refractivity contribution in [3.63, 3.8) is 0 Å². The van der Waals surface area contributed by atoms with E-state index in [9.17, 15) is 0 Å². The van der Waals surface area contributed by atoms with Crippen LogP contribution in [0, 0.1) is 0 Å². The molecule has 0 saturated carbocycles. The van der Waals surface area contributed by atoms with Gasteiger partial charge in [0.05, 0.1) is 12.6 Å². The normalized spacial score (nSPS) is 24.1. The van der Waals surface area contributed by atoms with E-state index >= 15 is 0 Å². The maximum atomic E-state index is 6.30. The summed E-state index contributed by atoms with van der Waals surface area (Å²) in [5.74, 6) is 0.